The summed E-state index contributed by atoms with van der Waals surface area (Å²) in [5.41, 5.74) is 4.07. The molecule has 1 N–H and O–H groups in total. The van der Waals surface area contributed by atoms with Crippen molar-refractivity contribution in [2.75, 3.05) is 0 Å². The lowest BCUT2D eigenvalue weighted by Gasteiger charge is -2.05. The molecule has 1 atom stereocenters. The number of benzene rings is 2. The van der Waals surface area contributed by atoms with Crippen molar-refractivity contribution in [1.82, 2.24) is 10.3 Å². The molecule has 2 aromatic carbocycles. The third-order valence-corrected chi connectivity index (χ3v) is 5.01. The van der Waals surface area contributed by atoms with Crippen LogP contribution in [0, 0.1) is 6.92 Å². The molecule has 1 aliphatic heterocycles. The molecule has 0 radical (unpaired) electrons. The van der Waals surface area contributed by atoms with Gasteiger partial charge in [-0.2, -0.15) is 0 Å². The number of hydrogen-bond donors (Lipinski definition) is 1. The maximum absolute atomic E-state index is 11.5. The first-order valence-corrected chi connectivity index (χ1v) is 9.88. The van der Waals surface area contributed by atoms with Crippen LogP contribution in [0.1, 0.15) is 29.0 Å². The maximum Gasteiger partial charge on any atom is 0.415 e. The van der Waals surface area contributed by atoms with Gasteiger partial charge in [0.25, 0.3) is 0 Å². The zero-order valence-electron chi connectivity index (χ0n) is 16.6. The number of nitrogens with one attached hydrogen (secondary N) is 1. The molecule has 1 unspecified atom stereocenters. The molecule has 1 aliphatic rings. The quantitative estimate of drug-likeness (QED) is 0.466. The fourth-order valence-electron chi connectivity index (χ4n) is 3.32. The van der Waals surface area contributed by atoms with Crippen LogP contribution in [-0.4, -0.2) is 23.1 Å². The van der Waals surface area contributed by atoms with Gasteiger partial charge in [-0.05, 0) is 43.0 Å². The molecule has 2 heterocycles. The van der Waals surface area contributed by atoms with E-state index in [1.165, 1.54) is 0 Å². The zero-order valence-corrected chi connectivity index (χ0v) is 16.6. The predicted octanol–water partition coefficient (Wildman–Crippen LogP) is 4.47. The minimum Gasteiger partial charge on any atom is -0.441 e. The Hall–Kier alpha value is -3.67. The van der Waals surface area contributed by atoms with E-state index in [4.69, 9.17) is 4.42 Å². The molecule has 152 valence electrons. The van der Waals surface area contributed by atoms with Gasteiger partial charge < -0.3 is 14.5 Å². The van der Waals surface area contributed by atoms with Gasteiger partial charge in [-0.3, -0.25) is 0 Å². The first kappa shape index (κ1) is 19.6. The number of hydrogen-bond acceptors (Lipinski definition) is 5. The van der Waals surface area contributed by atoms with E-state index in [1.807, 2.05) is 61.5 Å². The molecule has 0 saturated carbocycles. The Morgan fingerprint density at radius 1 is 1.07 bits per heavy atom. The van der Waals surface area contributed by atoms with Crippen LogP contribution in [-0.2, 0) is 22.4 Å². The molecule has 0 bridgehead atoms. The number of cyclic esters (lactones) is 2. The molecule has 30 heavy (non-hydrogen) atoms. The maximum atomic E-state index is 11.5. The van der Waals surface area contributed by atoms with E-state index in [0.29, 0.717) is 25.2 Å². The van der Waals surface area contributed by atoms with Crippen LogP contribution in [0.25, 0.3) is 17.5 Å². The van der Waals surface area contributed by atoms with Gasteiger partial charge >= 0.3 is 12.1 Å². The van der Waals surface area contributed by atoms with Crippen LogP contribution in [0.2, 0.25) is 0 Å². The van der Waals surface area contributed by atoms with Crippen molar-refractivity contribution in [3.8, 4) is 11.5 Å². The van der Waals surface area contributed by atoms with Crippen molar-refractivity contribution >= 4 is 18.1 Å². The fraction of sp³-hybridized carbons (Fsp3) is 0.208. The van der Waals surface area contributed by atoms with Gasteiger partial charge in [-0.25, -0.2) is 14.6 Å². The summed E-state index contributed by atoms with van der Waals surface area (Å²) >= 11 is 0. The van der Waals surface area contributed by atoms with Crippen LogP contribution < -0.4 is 5.32 Å². The first-order chi connectivity index (χ1) is 14.6. The Balaban J connectivity index is 1.32. The van der Waals surface area contributed by atoms with Crippen LogP contribution in [0.3, 0.4) is 0 Å². The second-order valence-electron chi connectivity index (χ2n) is 7.18. The summed E-state index contributed by atoms with van der Waals surface area (Å²) in [5.74, 6) is 0.965. The summed E-state index contributed by atoms with van der Waals surface area (Å²) < 4.78 is 10.3. The number of aryl methyl sites for hydroxylation is 2. The standard InChI is InChI=1S/C24H22N2O4/c1-16-20(25-22(29-16)19-7-3-2-4-8-19)9-5-6-17-10-12-18(13-11-17)14-15-21-23(27)30-24(28)26-21/h2-8,10-13,21H,9,14-15H2,1H3,(H,26,28). The number of ether oxygens (including phenoxy) is 1. The Labute approximate surface area is 174 Å². The second kappa shape index (κ2) is 8.78. The number of alkyl carbamates (subject to hydrolysis) is 1. The van der Waals surface area contributed by atoms with Crippen molar-refractivity contribution in [3.05, 3.63) is 83.3 Å². The molecule has 4 rings (SSSR count). The average molecular weight is 402 g/mol. The topological polar surface area (TPSA) is 81.4 Å². The van der Waals surface area contributed by atoms with Gasteiger partial charge in [0.05, 0.1) is 5.69 Å². The van der Waals surface area contributed by atoms with Crippen molar-refractivity contribution in [3.63, 3.8) is 0 Å². The Morgan fingerprint density at radius 3 is 2.53 bits per heavy atom. The summed E-state index contributed by atoms with van der Waals surface area (Å²) in [5, 5.41) is 2.51. The zero-order chi connectivity index (χ0) is 20.9. The van der Waals surface area contributed by atoms with Crippen molar-refractivity contribution in [2.24, 2.45) is 0 Å². The number of amides is 1. The number of allylic oxidation sites excluding steroid dienone is 1. The fourth-order valence-corrected chi connectivity index (χ4v) is 3.32. The molecule has 0 spiro atoms. The van der Waals surface area contributed by atoms with E-state index >= 15 is 0 Å². The number of esters is 1. The van der Waals surface area contributed by atoms with E-state index in [0.717, 1.165) is 28.1 Å². The molecule has 1 fully saturated rings. The highest BCUT2D eigenvalue weighted by Crippen LogP contribution is 2.22. The largest absolute Gasteiger partial charge is 0.441 e. The molecule has 6 heteroatoms. The smallest absolute Gasteiger partial charge is 0.415 e. The molecular formula is C24H22N2O4. The molecular weight excluding hydrogens is 380 g/mol. The summed E-state index contributed by atoms with van der Waals surface area (Å²) in [7, 11) is 0. The minimum atomic E-state index is -0.663. The highest BCUT2D eigenvalue weighted by atomic mass is 16.6. The predicted molar refractivity (Wildman–Crippen MR) is 113 cm³/mol. The minimum absolute atomic E-state index is 0.502. The van der Waals surface area contributed by atoms with E-state index in [9.17, 15) is 9.59 Å². The lowest BCUT2D eigenvalue weighted by atomic mass is 10.0. The van der Waals surface area contributed by atoms with Crippen LogP contribution in [0.15, 0.2) is 65.1 Å². The Kier molecular flexibility index (Phi) is 5.75. The van der Waals surface area contributed by atoms with Crippen LogP contribution >= 0.6 is 0 Å². The molecule has 1 saturated heterocycles. The summed E-state index contributed by atoms with van der Waals surface area (Å²) in [6.45, 7) is 1.93. The Morgan fingerprint density at radius 2 is 1.83 bits per heavy atom. The number of carbonyl (C=O) groups excluding carboxylic acids is 2. The van der Waals surface area contributed by atoms with E-state index < -0.39 is 18.1 Å². The SMILES string of the molecule is Cc1oc(-c2ccccc2)nc1CC=Cc1ccc(CCC2NC(=O)OC2=O)cc1. The average Bonchev–Trinajstić information content (AvgIpc) is 3.29. The third-order valence-electron chi connectivity index (χ3n) is 5.01. The van der Waals surface area contributed by atoms with Gasteiger partial charge in [-0.1, -0.05) is 54.6 Å². The highest BCUT2D eigenvalue weighted by Gasteiger charge is 2.31. The van der Waals surface area contributed by atoms with Gasteiger partial charge in [0.1, 0.15) is 11.8 Å². The number of aromatic nitrogens is 1. The van der Waals surface area contributed by atoms with Crippen molar-refractivity contribution in [1.29, 1.82) is 0 Å². The van der Waals surface area contributed by atoms with Crippen molar-refractivity contribution in [2.45, 2.75) is 32.2 Å². The molecule has 6 nitrogen and oxygen atoms in total. The van der Waals surface area contributed by atoms with Gasteiger partial charge in [0.2, 0.25) is 5.89 Å². The van der Waals surface area contributed by atoms with E-state index in [1.54, 1.807) is 0 Å². The number of nitrogens with zero attached hydrogens (tertiary/aromatic N) is 1. The van der Waals surface area contributed by atoms with Crippen molar-refractivity contribution < 1.29 is 18.7 Å². The number of rotatable bonds is 7. The molecule has 1 amide bonds. The second-order valence-corrected chi connectivity index (χ2v) is 7.18. The number of oxazole rings is 1. The highest BCUT2D eigenvalue weighted by molar-refractivity contribution is 5.95. The lowest BCUT2D eigenvalue weighted by molar-refractivity contribution is -0.135. The summed E-state index contributed by atoms with van der Waals surface area (Å²) in [4.78, 5) is 27.1. The summed E-state index contributed by atoms with van der Waals surface area (Å²) in [6.07, 6.45) is 5.35. The first-order valence-electron chi connectivity index (χ1n) is 9.88. The van der Waals surface area contributed by atoms with Crippen LogP contribution in [0.4, 0.5) is 4.79 Å². The van der Waals surface area contributed by atoms with Crippen LogP contribution in [0.5, 0.6) is 0 Å². The van der Waals surface area contributed by atoms with E-state index in [2.05, 4.69) is 27.2 Å². The van der Waals surface area contributed by atoms with Gasteiger partial charge in [-0.15, -0.1) is 0 Å². The monoisotopic (exact) mass is 402 g/mol. The Bertz CT molecular complexity index is 1070. The van der Waals surface area contributed by atoms with Gasteiger partial charge in [0.15, 0.2) is 0 Å². The van der Waals surface area contributed by atoms with E-state index in [-0.39, 0.29) is 0 Å². The normalized spacial score (nSPS) is 16.1. The summed E-state index contributed by atoms with van der Waals surface area (Å²) in [6, 6.07) is 17.4. The molecule has 0 aliphatic carbocycles. The third kappa shape index (κ3) is 4.66. The number of carbonyl (C=O) groups is 2. The molecule has 1 aromatic heterocycles. The molecule has 3 aromatic rings. The van der Waals surface area contributed by atoms with Gasteiger partial charge in [0, 0.05) is 12.0 Å². The lowest BCUT2D eigenvalue weighted by Crippen LogP contribution is -2.29.